The highest BCUT2D eigenvalue weighted by Gasteiger charge is 2.41. The van der Waals surface area contributed by atoms with Gasteiger partial charge in [-0.2, -0.15) is 26.3 Å². The molecule has 14 heteroatoms. The highest BCUT2D eigenvalue weighted by molar-refractivity contribution is 5.89. The van der Waals surface area contributed by atoms with E-state index in [0.29, 0.717) is 6.07 Å². The summed E-state index contributed by atoms with van der Waals surface area (Å²) in [4.78, 5) is 25.4. The summed E-state index contributed by atoms with van der Waals surface area (Å²) in [5.41, 5.74) is -2.35. The fourth-order valence-electron chi connectivity index (χ4n) is 5.16. The molecule has 1 fully saturated rings. The first-order chi connectivity index (χ1) is 22.4. The van der Waals surface area contributed by atoms with E-state index in [2.05, 4.69) is 0 Å². The lowest BCUT2D eigenvalue weighted by Gasteiger charge is -2.24. The van der Waals surface area contributed by atoms with Gasteiger partial charge in [0.1, 0.15) is 23.5 Å². The van der Waals surface area contributed by atoms with Crippen molar-refractivity contribution < 1.29 is 59.3 Å². The average molecular weight is 682 g/mol. The van der Waals surface area contributed by atoms with E-state index < -0.39 is 65.9 Å². The molecule has 1 heterocycles. The van der Waals surface area contributed by atoms with Crippen LogP contribution < -0.4 is 4.74 Å². The molecule has 3 aromatic rings. The molecule has 4 rings (SSSR count). The van der Waals surface area contributed by atoms with Crippen LogP contribution in [0.1, 0.15) is 35.3 Å². The maximum Gasteiger partial charge on any atom is 0.416 e. The predicted molar refractivity (Wildman–Crippen MR) is 159 cm³/mol. The first kappa shape index (κ1) is 35.7. The van der Waals surface area contributed by atoms with Gasteiger partial charge in [0, 0.05) is 28.8 Å². The van der Waals surface area contributed by atoms with E-state index in [9.17, 15) is 40.3 Å². The van der Waals surface area contributed by atoms with Crippen LogP contribution in [0.2, 0.25) is 0 Å². The van der Waals surface area contributed by atoms with Gasteiger partial charge in [-0.05, 0) is 60.9 Å². The van der Waals surface area contributed by atoms with Crippen molar-refractivity contribution in [1.82, 2.24) is 4.90 Å². The van der Waals surface area contributed by atoms with Crippen molar-refractivity contribution >= 4 is 12.1 Å². The number of alkyl halides is 6. The highest BCUT2D eigenvalue weighted by atomic mass is 19.4. The number of hydrogen-bond acceptors (Lipinski definition) is 4. The van der Waals surface area contributed by atoms with E-state index in [1.165, 1.54) is 32.3 Å². The third-order valence-corrected chi connectivity index (χ3v) is 7.53. The maximum atomic E-state index is 15.3. The number of rotatable bonds is 9. The molecule has 0 aliphatic carbocycles. The van der Waals surface area contributed by atoms with Crippen LogP contribution in [-0.4, -0.2) is 47.5 Å². The summed E-state index contributed by atoms with van der Waals surface area (Å²) in [5, 5.41) is 9.17. The Hall–Kier alpha value is -5.14. The van der Waals surface area contributed by atoms with Crippen LogP contribution in [-0.2, 0) is 17.5 Å². The average Bonchev–Trinajstić information content (AvgIpc) is 3.28. The smallest absolute Gasteiger partial charge is 0.416 e. The number of allylic oxidation sites excluding steroid dienone is 4. The van der Waals surface area contributed by atoms with Crippen molar-refractivity contribution in [3.05, 3.63) is 113 Å². The number of hydrogen-bond donors (Lipinski definition) is 1. The van der Waals surface area contributed by atoms with Gasteiger partial charge in [0.15, 0.2) is 0 Å². The number of carboxylic acid groups (broad SMARTS) is 1. The Labute approximate surface area is 269 Å². The minimum absolute atomic E-state index is 0.00196. The van der Waals surface area contributed by atoms with Gasteiger partial charge < -0.3 is 14.6 Å². The van der Waals surface area contributed by atoms with E-state index in [1.807, 2.05) is 0 Å². The second kappa shape index (κ2) is 13.9. The topological polar surface area (TPSA) is 76.1 Å². The van der Waals surface area contributed by atoms with Crippen LogP contribution >= 0.6 is 0 Å². The van der Waals surface area contributed by atoms with Gasteiger partial charge in [-0.25, -0.2) is 18.4 Å². The molecule has 1 amide bonds. The minimum atomic E-state index is -4.83. The molecule has 0 bridgehead atoms. The zero-order valence-corrected chi connectivity index (χ0v) is 25.4. The molecule has 1 saturated heterocycles. The largest absolute Gasteiger partial charge is 0.496 e. The normalized spacial score (nSPS) is 17.4. The third-order valence-electron chi connectivity index (χ3n) is 7.53. The monoisotopic (exact) mass is 681 g/mol. The number of carboxylic acids is 1. The van der Waals surface area contributed by atoms with Gasteiger partial charge in [0.25, 0.3) is 0 Å². The van der Waals surface area contributed by atoms with Gasteiger partial charge in [-0.1, -0.05) is 36.4 Å². The Morgan fingerprint density at radius 3 is 2.21 bits per heavy atom. The third kappa shape index (κ3) is 7.86. The Bertz CT molecular complexity index is 1810. The van der Waals surface area contributed by atoms with Crippen LogP contribution in [0.15, 0.2) is 84.5 Å². The Balaban J connectivity index is 1.84. The number of benzene rings is 3. The van der Waals surface area contributed by atoms with Crippen molar-refractivity contribution in [3.8, 4) is 28.0 Å². The first-order valence-electron chi connectivity index (χ1n) is 14.1. The van der Waals surface area contributed by atoms with Crippen molar-refractivity contribution in [2.45, 2.75) is 44.9 Å². The number of carbonyl (C=O) groups is 2. The number of carbonyl (C=O) groups excluding carboxylic acids is 1. The second-order valence-corrected chi connectivity index (χ2v) is 10.6. The molecule has 0 saturated carbocycles. The van der Waals surface area contributed by atoms with E-state index in [-0.39, 0.29) is 45.2 Å². The summed E-state index contributed by atoms with van der Waals surface area (Å²) in [7, 11) is 1.17. The van der Waals surface area contributed by atoms with E-state index in [4.69, 9.17) is 14.6 Å². The number of halogens is 8. The fraction of sp³-hybridized carbons (Fsp3) is 0.235. The van der Waals surface area contributed by atoms with E-state index in [0.717, 1.165) is 53.4 Å². The van der Waals surface area contributed by atoms with Gasteiger partial charge in [-0.15, -0.1) is 0 Å². The first-order valence-corrected chi connectivity index (χ1v) is 14.1. The Morgan fingerprint density at radius 2 is 1.62 bits per heavy atom. The molecule has 0 aromatic heterocycles. The Morgan fingerprint density at radius 1 is 0.958 bits per heavy atom. The number of aromatic carboxylic acids is 1. The van der Waals surface area contributed by atoms with E-state index >= 15 is 4.39 Å². The summed E-state index contributed by atoms with van der Waals surface area (Å²) in [5.74, 6) is -3.66. The second-order valence-electron chi connectivity index (χ2n) is 10.6. The van der Waals surface area contributed by atoms with Crippen LogP contribution in [0.5, 0.6) is 5.75 Å². The fourth-order valence-corrected chi connectivity index (χ4v) is 5.16. The van der Waals surface area contributed by atoms with Gasteiger partial charge in [-0.3, -0.25) is 4.90 Å². The SMILES string of the molecule is C\C=C/C=C(\C=C\C(F)(F)F)C1OC(=O)N(Cc2cc(C(F)(F)F)ccc2-c2cc(-c3ccc(C(=O)O)cc3F)c(F)cc2OC)C1C. The summed E-state index contributed by atoms with van der Waals surface area (Å²) in [6.45, 7) is 2.53. The van der Waals surface area contributed by atoms with Gasteiger partial charge >= 0.3 is 24.4 Å². The number of amides is 1. The van der Waals surface area contributed by atoms with Crippen LogP contribution in [0, 0.1) is 11.6 Å². The van der Waals surface area contributed by atoms with Gasteiger partial charge in [0.2, 0.25) is 0 Å². The molecule has 0 radical (unpaired) electrons. The number of ether oxygens (including phenoxy) is 2. The summed E-state index contributed by atoms with van der Waals surface area (Å²) in [6, 6.07) is 6.37. The number of cyclic esters (lactones) is 1. The molecule has 254 valence electrons. The van der Waals surface area contributed by atoms with Crippen molar-refractivity contribution in [3.63, 3.8) is 0 Å². The number of nitrogens with zero attached hydrogens (tertiary/aromatic N) is 1. The molecule has 1 aliphatic rings. The van der Waals surface area contributed by atoms with Crippen LogP contribution in [0.3, 0.4) is 0 Å². The zero-order chi connectivity index (χ0) is 35.6. The van der Waals surface area contributed by atoms with Crippen LogP contribution in [0.4, 0.5) is 39.9 Å². The summed E-state index contributed by atoms with van der Waals surface area (Å²) < 4.78 is 122. The molecule has 1 aliphatic heterocycles. The molecule has 48 heavy (non-hydrogen) atoms. The minimum Gasteiger partial charge on any atom is -0.496 e. The summed E-state index contributed by atoms with van der Waals surface area (Å²) >= 11 is 0. The molecule has 3 aromatic carbocycles. The van der Waals surface area contributed by atoms with Crippen molar-refractivity contribution in [1.29, 1.82) is 0 Å². The lowest BCUT2D eigenvalue weighted by Crippen LogP contribution is -2.34. The molecule has 1 N–H and O–H groups in total. The lowest BCUT2D eigenvalue weighted by molar-refractivity contribution is -0.137. The molecule has 2 unspecified atom stereocenters. The zero-order valence-electron chi connectivity index (χ0n) is 25.4. The highest BCUT2D eigenvalue weighted by Crippen LogP contribution is 2.42. The molecule has 6 nitrogen and oxygen atoms in total. The van der Waals surface area contributed by atoms with E-state index in [1.54, 1.807) is 6.92 Å². The van der Waals surface area contributed by atoms with Crippen molar-refractivity contribution in [2.75, 3.05) is 7.11 Å². The molecule has 0 spiro atoms. The Kier molecular flexibility index (Phi) is 10.4. The number of methoxy groups -OCH3 is 1. The van der Waals surface area contributed by atoms with Crippen LogP contribution in [0.25, 0.3) is 22.3 Å². The quantitative estimate of drug-likeness (QED) is 0.180. The summed E-state index contributed by atoms with van der Waals surface area (Å²) in [6.07, 6.45) is -6.78. The van der Waals surface area contributed by atoms with Gasteiger partial charge in [0.05, 0.1) is 30.8 Å². The lowest BCUT2D eigenvalue weighted by atomic mass is 9.92. The predicted octanol–water partition coefficient (Wildman–Crippen LogP) is 9.35. The van der Waals surface area contributed by atoms with Crippen molar-refractivity contribution in [2.24, 2.45) is 0 Å². The molecular weight excluding hydrogens is 654 g/mol. The molecular formula is C34H27F8NO5. The standard InChI is InChI=1S/C34H27F8NO5/c1-4-5-6-19(11-12-33(37,38)39)30-18(2)43(32(46)48-30)17-21-13-22(34(40,41)42)8-10-23(21)26-15-25(28(36)16-29(26)47-3)24-9-7-20(31(44)45)14-27(24)35/h4-16,18,30H,17H2,1-3H3,(H,44,45)/b5-4-,12-11+,19-6+. The molecule has 2 atom stereocenters. The maximum absolute atomic E-state index is 15.3.